The second-order valence-corrected chi connectivity index (χ2v) is 10.1. The summed E-state index contributed by atoms with van der Waals surface area (Å²) < 4.78 is 0. The van der Waals surface area contributed by atoms with E-state index >= 15 is 0 Å². The van der Waals surface area contributed by atoms with Crippen LogP contribution in [0.4, 0.5) is 0 Å². The van der Waals surface area contributed by atoms with E-state index in [0.29, 0.717) is 25.1 Å². The van der Waals surface area contributed by atoms with E-state index in [2.05, 4.69) is 23.5 Å². The maximum absolute atomic E-state index is 13.6. The van der Waals surface area contributed by atoms with E-state index in [1.807, 2.05) is 87.5 Å². The molecule has 0 saturated heterocycles. The molecule has 0 saturated carbocycles. The molecular formula is C30H36N2O2S. The van der Waals surface area contributed by atoms with Gasteiger partial charge in [-0.25, -0.2) is 0 Å². The second-order valence-electron chi connectivity index (χ2n) is 8.95. The molecular weight excluding hydrogens is 452 g/mol. The van der Waals surface area contributed by atoms with E-state index in [9.17, 15) is 9.59 Å². The van der Waals surface area contributed by atoms with Crippen LogP contribution in [0.15, 0.2) is 89.8 Å². The molecule has 4 nitrogen and oxygen atoms in total. The van der Waals surface area contributed by atoms with Gasteiger partial charge in [-0.15, -0.1) is 11.8 Å². The van der Waals surface area contributed by atoms with Gasteiger partial charge in [-0.1, -0.05) is 85.3 Å². The Hall–Kier alpha value is -3.05. The van der Waals surface area contributed by atoms with E-state index in [1.165, 1.54) is 0 Å². The van der Waals surface area contributed by atoms with Crippen molar-refractivity contribution in [2.75, 3.05) is 5.75 Å². The summed E-state index contributed by atoms with van der Waals surface area (Å²) in [6, 6.07) is 27.7. The Bertz CT molecular complexity index is 1070. The number of thioether (sulfide) groups is 1. The van der Waals surface area contributed by atoms with Gasteiger partial charge in [0, 0.05) is 36.1 Å². The Labute approximate surface area is 214 Å². The number of carbonyl (C=O) groups excluding carboxylic acids is 2. The van der Waals surface area contributed by atoms with Gasteiger partial charge < -0.3 is 10.2 Å². The van der Waals surface area contributed by atoms with E-state index < -0.39 is 6.04 Å². The molecule has 0 aliphatic carbocycles. The normalized spacial score (nSPS) is 12.5. The van der Waals surface area contributed by atoms with Gasteiger partial charge in [-0.2, -0.15) is 0 Å². The average Bonchev–Trinajstić information content (AvgIpc) is 2.87. The van der Waals surface area contributed by atoms with Crippen molar-refractivity contribution in [3.63, 3.8) is 0 Å². The zero-order valence-corrected chi connectivity index (χ0v) is 21.8. The number of hydrogen-bond donors (Lipinski definition) is 1. The van der Waals surface area contributed by atoms with Crippen molar-refractivity contribution in [3.05, 3.63) is 102 Å². The van der Waals surface area contributed by atoms with Crippen LogP contribution in [0.3, 0.4) is 0 Å². The van der Waals surface area contributed by atoms with Crippen LogP contribution in [0, 0.1) is 6.92 Å². The van der Waals surface area contributed by atoms with Crippen molar-refractivity contribution in [2.24, 2.45) is 0 Å². The average molecular weight is 489 g/mol. The summed E-state index contributed by atoms with van der Waals surface area (Å²) in [7, 11) is 0. The van der Waals surface area contributed by atoms with Gasteiger partial charge in [0.05, 0.1) is 0 Å². The molecule has 0 unspecified atom stereocenters. The van der Waals surface area contributed by atoms with Crippen LogP contribution in [0.2, 0.25) is 0 Å². The minimum absolute atomic E-state index is 0.00447. The minimum Gasteiger partial charge on any atom is -0.352 e. The molecule has 0 radical (unpaired) electrons. The van der Waals surface area contributed by atoms with E-state index in [1.54, 1.807) is 16.7 Å². The molecule has 2 atom stereocenters. The summed E-state index contributed by atoms with van der Waals surface area (Å²) in [6.07, 6.45) is 1.68. The molecule has 5 heteroatoms. The molecule has 0 fully saturated rings. The third kappa shape index (κ3) is 8.59. The monoisotopic (exact) mass is 488 g/mol. The fourth-order valence-electron chi connectivity index (χ4n) is 3.92. The van der Waals surface area contributed by atoms with Crippen molar-refractivity contribution in [3.8, 4) is 0 Å². The van der Waals surface area contributed by atoms with E-state index in [4.69, 9.17) is 0 Å². The summed E-state index contributed by atoms with van der Waals surface area (Å²) in [5, 5.41) is 3.13. The zero-order valence-electron chi connectivity index (χ0n) is 20.9. The maximum atomic E-state index is 13.6. The number of nitrogens with zero attached hydrogens (tertiary/aromatic N) is 1. The minimum atomic E-state index is -0.582. The lowest BCUT2D eigenvalue weighted by Crippen LogP contribution is -2.52. The van der Waals surface area contributed by atoms with Crippen molar-refractivity contribution in [1.82, 2.24) is 10.2 Å². The Balaban J connectivity index is 1.86. The topological polar surface area (TPSA) is 49.4 Å². The highest BCUT2D eigenvalue weighted by atomic mass is 32.2. The van der Waals surface area contributed by atoms with Crippen LogP contribution in [0.25, 0.3) is 0 Å². The summed E-state index contributed by atoms with van der Waals surface area (Å²) in [6.45, 7) is 6.50. The quantitative estimate of drug-likeness (QED) is 0.317. The largest absolute Gasteiger partial charge is 0.352 e. The number of amides is 2. The van der Waals surface area contributed by atoms with Crippen LogP contribution in [0.1, 0.15) is 43.4 Å². The van der Waals surface area contributed by atoms with Gasteiger partial charge in [0.1, 0.15) is 6.04 Å². The van der Waals surface area contributed by atoms with Gasteiger partial charge in [-0.3, -0.25) is 9.59 Å². The Morgan fingerprint density at radius 2 is 1.57 bits per heavy atom. The standard InChI is InChI=1S/C30H36N2O2S/c1-4-24(3)31-30(34)28(21-25-13-7-5-8-14-25)32(22-26-15-11-12-23(2)20-26)29(33)18-19-35-27-16-9-6-10-17-27/h5-17,20,24,28H,4,18-19,21-22H2,1-3H3,(H,31,34)/t24-,28-/m1/s1. The number of aryl methyl sites for hydroxylation is 1. The van der Waals surface area contributed by atoms with Crippen LogP contribution < -0.4 is 5.32 Å². The number of carbonyl (C=O) groups is 2. The lowest BCUT2D eigenvalue weighted by atomic mass is 10.0. The Morgan fingerprint density at radius 3 is 2.23 bits per heavy atom. The number of hydrogen-bond acceptors (Lipinski definition) is 3. The molecule has 0 heterocycles. The smallest absolute Gasteiger partial charge is 0.243 e. The van der Waals surface area contributed by atoms with Crippen molar-refractivity contribution < 1.29 is 9.59 Å². The summed E-state index contributed by atoms with van der Waals surface area (Å²) in [5.41, 5.74) is 3.21. The van der Waals surface area contributed by atoms with Crippen molar-refractivity contribution >= 4 is 23.6 Å². The third-order valence-corrected chi connectivity index (χ3v) is 7.05. The van der Waals surface area contributed by atoms with Crippen LogP contribution in [-0.2, 0) is 22.6 Å². The second kappa shape index (κ2) is 13.7. The first-order valence-electron chi connectivity index (χ1n) is 12.3. The van der Waals surface area contributed by atoms with Gasteiger partial charge in [0.15, 0.2) is 0 Å². The lowest BCUT2D eigenvalue weighted by Gasteiger charge is -2.32. The lowest BCUT2D eigenvalue weighted by molar-refractivity contribution is -0.141. The first-order chi connectivity index (χ1) is 17.0. The highest BCUT2D eigenvalue weighted by Gasteiger charge is 2.30. The fraction of sp³-hybridized carbons (Fsp3) is 0.333. The number of nitrogens with one attached hydrogen (secondary N) is 1. The van der Waals surface area contributed by atoms with Gasteiger partial charge in [0.25, 0.3) is 0 Å². The summed E-state index contributed by atoms with van der Waals surface area (Å²) >= 11 is 1.67. The zero-order chi connectivity index (χ0) is 25.0. The van der Waals surface area contributed by atoms with Gasteiger partial charge in [0.2, 0.25) is 11.8 Å². The molecule has 184 valence electrons. The molecule has 3 rings (SSSR count). The van der Waals surface area contributed by atoms with Crippen LogP contribution in [-0.4, -0.2) is 34.6 Å². The number of rotatable bonds is 12. The first kappa shape index (κ1) is 26.6. The highest BCUT2D eigenvalue weighted by molar-refractivity contribution is 7.99. The van der Waals surface area contributed by atoms with E-state index in [0.717, 1.165) is 28.0 Å². The molecule has 0 spiro atoms. The highest BCUT2D eigenvalue weighted by Crippen LogP contribution is 2.21. The molecule has 2 amide bonds. The van der Waals surface area contributed by atoms with Crippen molar-refractivity contribution in [1.29, 1.82) is 0 Å². The molecule has 0 aliphatic heterocycles. The number of benzene rings is 3. The summed E-state index contributed by atoms with van der Waals surface area (Å²) in [4.78, 5) is 30.1. The molecule has 0 aromatic heterocycles. The van der Waals surface area contributed by atoms with Crippen LogP contribution in [0.5, 0.6) is 0 Å². The predicted octanol–water partition coefficient (Wildman–Crippen LogP) is 6.03. The Morgan fingerprint density at radius 1 is 0.914 bits per heavy atom. The van der Waals surface area contributed by atoms with Gasteiger partial charge >= 0.3 is 0 Å². The SMILES string of the molecule is CC[C@@H](C)NC(=O)[C@@H](Cc1ccccc1)N(Cc1cccc(C)c1)C(=O)CCSc1ccccc1. The molecule has 3 aromatic carbocycles. The molecule has 0 bridgehead atoms. The first-order valence-corrected chi connectivity index (χ1v) is 13.3. The van der Waals surface area contributed by atoms with Gasteiger partial charge in [-0.05, 0) is 43.5 Å². The third-order valence-electron chi connectivity index (χ3n) is 6.04. The molecule has 1 N–H and O–H groups in total. The predicted molar refractivity (Wildman–Crippen MR) is 145 cm³/mol. The van der Waals surface area contributed by atoms with Crippen LogP contribution >= 0.6 is 11.8 Å². The Kier molecular flexibility index (Phi) is 10.4. The molecule has 0 aliphatic rings. The van der Waals surface area contributed by atoms with Crippen molar-refractivity contribution in [2.45, 2.75) is 63.6 Å². The maximum Gasteiger partial charge on any atom is 0.243 e. The summed E-state index contributed by atoms with van der Waals surface area (Å²) in [5.74, 6) is 0.563. The molecule has 35 heavy (non-hydrogen) atoms. The van der Waals surface area contributed by atoms with E-state index in [-0.39, 0.29) is 17.9 Å². The fourth-order valence-corrected chi connectivity index (χ4v) is 4.78. The molecule has 3 aromatic rings.